The van der Waals surface area contributed by atoms with Gasteiger partial charge in [-0.3, -0.25) is 4.72 Å². The van der Waals surface area contributed by atoms with Crippen molar-refractivity contribution in [1.82, 2.24) is 0 Å². The van der Waals surface area contributed by atoms with Crippen LogP contribution in [0.5, 0.6) is 0 Å². The first-order chi connectivity index (χ1) is 9.42. The first-order valence-corrected chi connectivity index (χ1v) is 7.16. The van der Waals surface area contributed by atoms with E-state index in [2.05, 4.69) is 10.0 Å². The summed E-state index contributed by atoms with van der Waals surface area (Å²) in [5, 5.41) is 2.89. The van der Waals surface area contributed by atoms with Crippen LogP contribution in [0.2, 0.25) is 0 Å². The van der Waals surface area contributed by atoms with Gasteiger partial charge in [-0.15, -0.1) is 0 Å². The van der Waals surface area contributed by atoms with Gasteiger partial charge in [0, 0.05) is 24.5 Å². The molecule has 0 aliphatic rings. The van der Waals surface area contributed by atoms with Crippen LogP contribution in [-0.4, -0.2) is 15.5 Å². The monoisotopic (exact) mass is 298 g/mol. The van der Waals surface area contributed by atoms with Gasteiger partial charge < -0.3 is 5.32 Å². The van der Waals surface area contributed by atoms with Gasteiger partial charge in [-0.2, -0.15) is 0 Å². The number of sulfonamides is 1. The molecule has 2 N–H and O–H groups in total. The molecule has 0 atom stereocenters. The Morgan fingerprint density at radius 1 is 0.950 bits per heavy atom. The van der Waals surface area contributed by atoms with E-state index < -0.39 is 26.6 Å². The zero-order valence-corrected chi connectivity index (χ0v) is 11.3. The summed E-state index contributed by atoms with van der Waals surface area (Å²) in [4.78, 5) is -0.600. The molecule has 0 saturated heterocycles. The van der Waals surface area contributed by atoms with Gasteiger partial charge in [-0.05, 0) is 36.4 Å². The Balaban J connectivity index is 2.30. The third-order valence-electron chi connectivity index (χ3n) is 2.61. The molecule has 0 radical (unpaired) electrons. The second-order valence-electron chi connectivity index (χ2n) is 4.01. The molecule has 0 bridgehead atoms. The van der Waals surface area contributed by atoms with Gasteiger partial charge in [-0.1, -0.05) is 0 Å². The molecule has 2 aromatic carbocycles. The number of nitrogens with one attached hydrogen (secondary N) is 2. The summed E-state index contributed by atoms with van der Waals surface area (Å²) in [5.41, 5.74) is 1.09. The zero-order valence-electron chi connectivity index (χ0n) is 10.5. The van der Waals surface area contributed by atoms with E-state index in [1.54, 1.807) is 19.2 Å². The summed E-state index contributed by atoms with van der Waals surface area (Å²) >= 11 is 0. The molecule has 7 heteroatoms. The van der Waals surface area contributed by atoms with Crippen molar-refractivity contribution in [3.05, 3.63) is 54.1 Å². The van der Waals surface area contributed by atoms with Gasteiger partial charge in [-0.25, -0.2) is 17.2 Å². The molecule has 4 nitrogen and oxygen atoms in total. The van der Waals surface area contributed by atoms with E-state index in [-0.39, 0.29) is 5.69 Å². The van der Waals surface area contributed by atoms with Gasteiger partial charge in [0.1, 0.15) is 16.5 Å². The number of rotatable bonds is 4. The molecule has 0 spiro atoms. The van der Waals surface area contributed by atoms with Gasteiger partial charge >= 0.3 is 0 Å². The maximum Gasteiger partial charge on any atom is 0.264 e. The fourth-order valence-electron chi connectivity index (χ4n) is 1.61. The van der Waals surface area contributed by atoms with E-state index in [1.807, 2.05) is 0 Å². The average molecular weight is 298 g/mol. The van der Waals surface area contributed by atoms with Crippen LogP contribution in [0.4, 0.5) is 20.2 Å². The predicted molar refractivity (Wildman–Crippen MR) is 73.2 cm³/mol. The molecular weight excluding hydrogens is 286 g/mol. The summed E-state index contributed by atoms with van der Waals surface area (Å²) in [6.45, 7) is 0. The minimum absolute atomic E-state index is 0.285. The highest BCUT2D eigenvalue weighted by molar-refractivity contribution is 7.92. The second kappa shape index (κ2) is 5.46. The van der Waals surface area contributed by atoms with Crippen molar-refractivity contribution >= 4 is 21.4 Å². The quantitative estimate of drug-likeness (QED) is 0.912. The highest BCUT2D eigenvalue weighted by atomic mass is 32.2. The van der Waals surface area contributed by atoms with E-state index >= 15 is 0 Å². The van der Waals surface area contributed by atoms with Crippen LogP contribution < -0.4 is 10.0 Å². The molecule has 106 valence electrons. The SMILES string of the molecule is CNc1ccc(NS(=O)(=O)c2ccc(F)cc2F)cc1. The molecule has 2 aromatic rings. The van der Waals surface area contributed by atoms with Crippen LogP contribution in [0, 0.1) is 11.6 Å². The summed E-state index contributed by atoms with van der Waals surface area (Å²) in [6, 6.07) is 8.70. The average Bonchev–Trinajstić information content (AvgIpc) is 2.38. The molecule has 2 rings (SSSR count). The molecule has 20 heavy (non-hydrogen) atoms. The van der Waals surface area contributed by atoms with E-state index in [9.17, 15) is 17.2 Å². The van der Waals surface area contributed by atoms with E-state index in [4.69, 9.17) is 0 Å². The molecule has 0 amide bonds. The van der Waals surface area contributed by atoms with Crippen molar-refractivity contribution in [1.29, 1.82) is 0 Å². The van der Waals surface area contributed by atoms with Crippen LogP contribution in [0.1, 0.15) is 0 Å². The standard InChI is InChI=1S/C13H12F2N2O2S/c1-16-10-3-5-11(6-4-10)17-20(18,19)13-7-2-9(14)8-12(13)15/h2-8,16-17H,1H3. The van der Waals surface area contributed by atoms with Gasteiger partial charge in [0.05, 0.1) is 0 Å². The summed E-state index contributed by atoms with van der Waals surface area (Å²) in [5.74, 6) is -1.97. The molecule has 0 aromatic heterocycles. The van der Waals surface area contributed by atoms with Gasteiger partial charge in [0.15, 0.2) is 0 Å². The third-order valence-corrected chi connectivity index (χ3v) is 4.02. The minimum atomic E-state index is -4.09. The topological polar surface area (TPSA) is 58.2 Å². The normalized spacial score (nSPS) is 11.2. The van der Waals surface area contributed by atoms with Crippen molar-refractivity contribution in [2.45, 2.75) is 4.90 Å². The lowest BCUT2D eigenvalue weighted by molar-refractivity contribution is 0.551. The molecule has 0 saturated carbocycles. The number of hydrogen-bond acceptors (Lipinski definition) is 3. The summed E-state index contributed by atoms with van der Waals surface area (Å²) in [6.07, 6.45) is 0. The third kappa shape index (κ3) is 3.05. The molecule has 0 heterocycles. The number of benzene rings is 2. The number of halogens is 2. The second-order valence-corrected chi connectivity index (χ2v) is 5.66. The first kappa shape index (κ1) is 14.3. The van der Waals surface area contributed by atoms with Crippen LogP contribution in [0.15, 0.2) is 47.4 Å². The van der Waals surface area contributed by atoms with Crippen LogP contribution in [0.3, 0.4) is 0 Å². The number of hydrogen-bond donors (Lipinski definition) is 2. The Kier molecular flexibility index (Phi) is 3.89. The zero-order chi connectivity index (χ0) is 14.8. The largest absolute Gasteiger partial charge is 0.388 e. The van der Waals surface area contributed by atoms with Crippen LogP contribution in [0.25, 0.3) is 0 Å². The predicted octanol–water partition coefficient (Wildman–Crippen LogP) is 2.81. The van der Waals surface area contributed by atoms with Crippen molar-refractivity contribution in [3.63, 3.8) is 0 Å². The maximum atomic E-state index is 13.5. The first-order valence-electron chi connectivity index (χ1n) is 5.68. The molecule has 0 unspecified atom stereocenters. The Morgan fingerprint density at radius 2 is 1.55 bits per heavy atom. The Labute approximate surface area is 115 Å². The fraction of sp³-hybridized carbons (Fsp3) is 0.0769. The fourth-order valence-corrected chi connectivity index (χ4v) is 2.73. The van der Waals surface area contributed by atoms with Gasteiger partial charge in [0.25, 0.3) is 10.0 Å². The Bertz CT molecular complexity index is 716. The molecule has 0 fully saturated rings. The van der Waals surface area contributed by atoms with Crippen molar-refractivity contribution < 1.29 is 17.2 Å². The van der Waals surface area contributed by atoms with E-state index in [0.29, 0.717) is 6.07 Å². The highest BCUT2D eigenvalue weighted by Gasteiger charge is 2.19. The molecule has 0 aliphatic heterocycles. The van der Waals surface area contributed by atoms with Crippen LogP contribution in [-0.2, 0) is 10.0 Å². The van der Waals surface area contributed by atoms with E-state index in [1.165, 1.54) is 12.1 Å². The smallest absolute Gasteiger partial charge is 0.264 e. The highest BCUT2D eigenvalue weighted by Crippen LogP contribution is 2.20. The van der Waals surface area contributed by atoms with Crippen molar-refractivity contribution in [3.8, 4) is 0 Å². The molecular formula is C13H12F2N2O2S. The lowest BCUT2D eigenvalue weighted by Crippen LogP contribution is -2.14. The minimum Gasteiger partial charge on any atom is -0.388 e. The Morgan fingerprint density at radius 3 is 2.10 bits per heavy atom. The summed E-state index contributed by atoms with van der Waals surface area (Å²) in [7, 11) is -2.36. The lowest BCUT2D eigenvalue weighted by Gasteiger charge is -2.09. The van der Waals surface area contributed by atoms with Crippen LogP contribution >= 0.6 is 0 Å². The maximum absolute atomic E-state index is 13.5. The van der Waals surface area contributed by atoms with Gasteiger partial charge in [0.2, 0.25) is 0 Å². The number of anilines is 2. The van der Waals surface area contributed by atoms with E-state index in [0.717, 1.165) is 17.8 Å². The lowest BCUT2D eigenvalue weighted by atomic mass is 10.3. The molecule has 0 aliphatic carbocycles. The Hall–Kier alpha value is -2.15. The van der Waals surface area contributed by atoms with Crippen molar-refractivity contribution in [2.24, 2.45) is 0 Å². The summed E-state index contributed by atoms with van der Waals surface area (Å²) < 4.78 is 52.5. The van der Waals surface area contributed by atoms with Crippen molar-refractivity contribution in [2.75, 3.05) is 17.1 Å².